The zero-order valence-electron chi connectivity index (χ0n) is 13.4. The highest BCUT2D eigenvalue weighted by Gasteiger charge is 2.10. The first-order valence-electron chi connectivity index (χ1n) is 7.44. The van der Waals surface area contributed by atoms with Crippen LogP contribution in [0, 0.1) is 13.8 Å². The predicted molar refractivity (Wildman–Crippen MR) is 90.9 cm³/mol. The van der Waals surface area contributed by atoms with Crippen LogP contribution in [0.3, 0.4) is 0 Å². The number of carbonyl (C=O) groups is 1. The summed E-state index contributed by atoms with van der Waals surface area (Å²) < 4.78 is 3.30. The maximum absolute atomic E-state index is 12.1. The second-order valence-electron chi connectivity index (χ2n) is 5.53. The highest BCUT2D eigenvalue weighted by molar-refractivity contribution is 6.30. The lowest BCUT2D eigenvalue weighted by Gasteiger charge is -2.04. The van der Waals surface area contributed by atoms with Crippen molar-refractivity contribution in [1.82, 2.24) is 24.5 Å². The number of aryl methyl sites for hydroxylation is 2. The molecule has 7 nitrogen and oxygen atoms in total. The van der Waals surface area contributed by atoms with Crippen molar-refractivity contribution in [2.24, 2.45) is 0 Å². The Hall–Kier alpha value is -2.67. The van der Waals surface area contributed by atoms with Crippen molar-refractivity contribution in [1.29, 1.82) is 0 Å². The molecular weight excluding hydrogens is 328 g/mol. The van der Waals surface area contributed by atoms with Gasteiger partial charge in [-0.05, 0) is 37.6 Å². The Bertz CT molecular complexity index is 852. The van der Waals surface area contributed by atoms with E-state index in [4.69, 9.17) is 11.6 Å². The second-order valence-corrected chi connectivity index (χ2v) is 5.96. The van der Waals surface area contributed by atoms with Crippen LogP contribution in [-0.2, 0) is 17.9 Å². The summed E-state index contributed by atoms with van der Waals surface area (Å²) in [5.41, 5.74) is 2.86. The van der Waals surface area contributed by atoms with Gasteiger partial charge in [-0.15, -0.1) is 5.10 Å². The molecule has 1 amide bonds. The quantitative estimate of drug-likeness (QED) is 0.771. The molecule has 0 saturated heterocycles. The second kappa shape index (κ2) is 6.84. The molecule has 3 aromatic rings. The maximum atomic E-state index is 12.1. The van der Waals surface area contributed by atoms with E-state index in [9.17, 15) is 4.79 Å². The number of hydrogen-bond donors (Lipinski definition) is 1. The van der Waals surface area contributed by atoms with Gasteiger partial charge in [-0.25, -0.2) is 9.67 Å². The van der Waals surface area contributed by atoms with Crippen molar-refractivity contribution >= 4 is 23.5 Å². The molecule has 124 valence electrons. The van der Waals surface area contributed by atoms with Gasteiger partial charge in [0.1, 0.15) is 12.9 Å². The summed E-state index contributed by atoms with van der Waals surface area (Å²) in [4.78, 5) is 16.2. The molecule has 0 aliphatic carbocycles. The van der Waals surface area contributed by atoms with Gasteiger partial charge < -0.3 is 0 Å². The van der Waals surface area contributed by atoms with Gasteiger partial charge in [0.25, 0.3) is 0 Å². The fourth-order valence-corrected chi connectivity index (χ4v) is 2.47. The van der Waals surface area contributed by atoms with Gasteiger partial charge in [0.2, 0.25) is 11.9 Å². The lowest BCUT2D eigenvalue weighted by atomic mass is 10.2. The third-order valence-corrected chi connectivity index (χ3v) is 3.69. The number of nitrogens with one attached hydrogen (secondary N) is 1. The number of anilines is 1. The van der Waals surface area contributed by atoms with Gasteiger partial charge in [0, 0.05) is 10.7 Å². The Balaban J connectivity index is 1.60. The van der Waals surface area contributed by atoms with Crippen LogP contribution in [0.25, 0.3) is 0 Å². The number of amides is 1. The van der Waals surface area contributed by atoms with E-state index in [1.165, 1.54) is 0 Å². The third kappa shape index (κ3) is 3.99. The fourth-order valence-electron chi connectivity index (χ4n) is 2.34. The molecule has 0 saturated carbocycles. The van der Waals surface area contributed by atoms with Crippen molar-refractivity contribution in [2.75, 3.05) is 5.32 Å². The van der Waals surface area contributed by atoms with Crippen molar-refractivity contribution in [3.63, 3.8) is 0 Å². The van der Waals surface area contributed by atoms with E-state index in [-0.39, 0.29) is 18.4 Å². The van der Waals surface area contributed by atoms with Gasteiger partial charge in [0.15, 0.2) is 0 Å². The molecule has 0 radical (unpaired) electrons. The number of aromatic nitrogens is 5. The summed E-state index contributed by atoms with van der Waals surface area (Å²) in [5.74, 6) is 0.0564. The number of carbonyl (C=O) groups excluding carboxylic acids is 1. The first-order valence-corrected chi connectivity index (χ1v) is 7.82. The Morgan fingerprint density at radius 3 is 2.62 bits per heavy atom. The number of halogens is 1. The van der Waals surface area contributed by atoms with Gasteiger partial charge in [-0.2, -0.15) is 5.10 Å². The number of hydrogen-bond acceptors (Lipinski definition) is 4. The predicted octanol–water partition coefficient (Wildman–Crippen LogP) is 2.43. The molecule has 0 bridgehead atoms. The monoisotopic (exact) mass is 344 g/mol. The van der Waals surface area contributed by atoms with Crippen molar-refractivity contribution < 1.29 is 4.79 Å². The lowest BCUT2D eigenvalue weighted by Crippen LogP contribution is -2.21. The number of nitrogens with zero attached hydrogens (tertiary/aromatic N) is 5. The molecule has 0 atom stereocenters. The van der Waals surface area contributed by atoms with Crippen LogP contribution >= 0.6 is 11.6 Å². The van der Waals surface area contributed by atoms with Gasteiger partial charge in [-0.1, -0.05) is 23.7 Å². The average molecular weight is 345 g/mol. The largest absolute Gasteiger partial charge is 0.292 e. The van der Waals surface area contributed by atoms with E-state index < -0.39 is 0 Å². The van der Waals surface area contributed by atoms with E-state index in [0.717, 1.165) is 17.0 Å². The molecule has 0 fully saturated rings. The van der Waals surface area contributed by atoms with Crippen LogP contribution in [0.5, 0.6) is 0 Å². The zero-order valence-corrected chi connectivity index (χ0v) is 14.2. The summed E-state index contributed by atoms with van der Waals surface area (Å²) in [6, 6.07) is 9.42. The first-order chi connectivity index (χ1) is 11.5. The summed E-state index contributed by atoms with van der Waals surface area (Å²) in [5, 5.41) is 11.9. The van der Waals surface area contributed by atoms with E-state index in [2.05, 4.69) is 20.5 Å². The molecule has 1 aromatic carbocycles. The summed E-state index contributed by atoms with van der Waals surface area (Å²) in [7, 11) is 0. The molecule has 0 aliphatic heterocycles. The summed E-state index contributed by atoms with van der Waals surface area (Å²) in [6.07, 6.45) is 1.58. The van der Waals surface area contributed by atoms with Crippen LogP contribution in [0.1, 0.15) is 17.0 Å². The van der Waals surface area contributed by atoms with Crippen molar-refractivity contribution in [3.8, 4) is 0 Å². The van der Waals surface area contributed by atoms with Gasteiger partial charge >= 0.3 is 0 Å². The molecule has 2 heterocycles. The summed E-state index contributed by atoms with van der Waals surface area (Å²) in [6.45, 7) is 4.48. The zero-order chi connectivity index (χ0) is 17.1. The normalized spacial score (nSPS) is 10.8. The number of rotatable bonds is 5. The minimum Gasteiger partial charge on any atom is -0.292 e. The summed E-state index contributed by atoms with van der Waals surface area (Å²) >= 11 is 5.87. The molecule has 0 aliphatic rings. The van der Waals surface area contributed by atoms with Crippen LogP contribution in [0.2, 0.25) is 5.02 Å². The smallest absolute Gasteiger partial charge is 0.248 e. The molecule has 8 heteroatoms. The van der Waals surface area contributed by atoms with Crippen molar-refractivity contribution in [2.45, 2.75) is 26.9 Å². The molecule has 2 aromatic heterocycles. The van der Waals surface area contributed by atoms with E-state index in [0.29, 0.717) is 11.6 Å². The molecule has 0 unspecified atom stereocenters. The fraction of sp³-hybridized carbons (Fsp3) is 0.250. The molecule has 1 N–H and O–H groups in total. The van der Waals surface area contributed by atoms with E-state index >= 15 is 0 Å². The lowest BCUT2D eigenvalue weighted by molar-refractivity contribution is -0.117. The third-order valence-electron chi connectivity index (χ3n) is 3.44. The Labute approximate surface area is 144 Å². The Kier molecular flexibility index (Phi) is 4.61. The van der Waals surface area contributed by atoms with Crippen LogP contribution in [0.15, 0.2) is 36.7 Å². The highest BCUT2D eigenvalue weighted by Crippen LogP contribution is 2.10. The highest BCUT2D eigenvalue weighted by atomic mass is 35.5. The molecule has 3 rings (SSSR count). The number of benzene rings is 1. The van der Waals surface area contributed by atoms with E-state index in [1.54, 1.807) is 15.7 Å². The molecular formula is C16H17ClN6O. The average Bonchev–Trinajstić information content (AvgIpc) is 3.08. The van der Waals surface area contributed by atoms with Gasteiger partial charge in [-0.3, -0.25) is 14.8 Å². The maximum Gasteiger partial charge on any atom is 0.248 e. The van der Waals surface area contributed by atoms with E-state index in [1.807, 2.05) is 44.2 Å². The van der Waals surface area contributed by atoms with Crippen molar-refractivity contribution in [3.05, 3.63) is 58.6 Å². The minimum atomic E-state index is -0.217. The van der Waals surface area contributed by atoms with Gasteiger partial charge in [0.05, 0.1) is 12.2 Å². The van der Waals surface area contributed by atoms with Crippen LogP contribution < -0.4 is 5.32 Å². The molecule has 0 spiro atoms. The van der Waals surface area contributed by atoms with Crippen LogP contribution in [-0.4, -0.2) is 30.5 Å². The minimum absolute atomic E-state index is 0.130. The Morgan fingerprint density at radius 2 is 1.96 bits per heavy atom. The SMILES string of the molecule is Cc1cc(C)n(CC(=O)Nc2ncn(Cc3ccc(Cl)cc3)n2)n1. The standard InChI is InChI=1S/C16H17ClN6O/c1-11-7-12(2)23(20-11)9-15(24)19-16-18-10-22(21-16)8-13-3-5-14(17)6-4-13/h3-7,10H,8-9H2,1-2H3,(H,19,21,24). The molecule has 24 heavy (non-hydrogen) atoms. The topological polar surface area (TPSA) is 77.6 Å². The Morgan fingerprint density at radius 1 is 1.21 bits per heavy atom. The van der Waals surface area contributed by atoms with Crippen LogP contribution in [0.4, 0.5) is 5.95 Å². The first kappa shape index (κ1) is 16.2.